The number of halogens is 1. The zero-order valence-corrected chi connectivity index (χ0v) is 12.6. The summed E-state index contributed by atoms with van der Waals surface area (Å²) in [4.78, 5) is 16.4. The lowest BCUT2D eigenvalue weighted by molar-refractivity contribution is 0.469. The second kappa shape index (κ2) is 5.40. The molecule has 0 radical (unpaired) electrons. The fourth-order valence-corrected chi connectivity index (χ4v) is 2.46. The maximum Gasteiger partial charge on any atom is 0.350 e. The summed E-state index contributed by atoms with van der Waals surface area (Å²) in [5, 5.41) is 4.91. The summed E-state index contributed by atoms with van der Waals surface area (Å²) in [5.41, 5.74) is 1.23. The molecule has 0 amide bonds. The molecule has 0 aliphatic heterocycles. The number of nitrogens with zero attached hydrogens (tertiary/aromatic N) is 4. The van der Waals surface area contributed by atoms with Crippen molar-refractivity contribution in [3.05, 3.63) is 76.3 Å². The lowest BCUT2D eigenvalue weighted by atomic mass is 10.2. The third kappa shape index (κ3) is 2.53. The van der Waals surface area contributed by atoms with E-state index in [0.717, 1.165) is 5.56 Å². The summed E-state index contributed by atoms with van der Waals surface area (Å²) < 4.78 is 8.50. The van der Waals surface area contributed by atoms with Gasteiger partial charge in [0.15, 0.2) is 11.4 Å². The average Bonchev–Trinajstić information content (AvgIpc) is 3.15. The molecule has 0 saturated heterocycles. The number of pyridine rings is 1. The Hall–Kier alpha value is -2.86. The molecule has 0 atom stereocenters. The summed E-state index contributed by atoms with van der Waals surface area (Å²) in [7, 11) is 0. The van der Waals surface area contributed by atoms with E-state index < -0.39 is 0 Å². The van der Waals surface area contributed by atoms with Gasteiger partial charge in [-0.2, -0.15) is 0 Å². The van der Waals surface area contributed by atoms with Crippen molar-refractivity contribution < 1.29 is 4.42 Å². The predicted molar refractivity (Wildman–Crippen MR) is 85.5 cm³/mol. The number of fused-ring (bicyclic) bond motifs is 1. The minimum absolute atomic E-state index is 0.175. The predicted octanol–water partition coefficient (Wildman–Crippen LogP) is 2.85. The van der Waals surface area contributed by atoms with Gasteiger partial charge in [0.25, 0.3) is 0 Å². The molecule has 0 aliphatic carbocycles. The normalized spacial score (nSPS) is 11.2. The van der Waals surface area contributed by atoms with Crippen molar-refractivity contribution in [1.82, 2.24) is 19.2 Å². The van der Waals surface area contributed by atoms with Gasteiger partial charge in [-0.25, -0.2) is 14.5 Å². The van der Waals surface area contributed by atoms with Crippen molar-refractivity contribution in [3.63, 3.8) is 0 Å². The van der Waals surface area contributed by atoms with Gasteiger partial charge in [-0.1, -0.05) is 17.7 Å². The molecule has 7 heteroatoms. The molecule has 0 spiro atoms. The van der Waals surface area contributed by atoms with E-state index in [4.69, 9.17) is 16.0 Å². The highest BCUT2D eigenvalue weighted by Crippen LogP contribution is 2.22. The molecule has 6 nitrogen and oxygen atoms in total. The van der Waals surface area contributed by atoms with Crippen LogP contribution in [0.4, 0.5) is 0 Å². The highest BCUT2D eigenvalue weighted by Gasteiger charge is 2.11. The molecule has 1 aromatic carbocycles. The van der Waals surface area contributed by atoms with E-state index in [1.165, 1.54) is 9.08 Å². The van der Waals surface area contributed by atoms with E-state index in [1.54, 1.807) is 36.7 Å². The van der Waals surface area contributed by atoms with E-state index >= 15 is 0 Å². The van der Waals surface area contributed by atoms with Crippen LogP contribution >= 0.6 is 11.6 Å². The summed E-state index contributed by atoms with van der Waals surface area (Å²) in [5.74, 6) is 1.04. The molecule has 114 valence electrons. The van der Waals surface area contributed by atoms with Gasteiger partial charge < -0.3 is 4.42 Å². The molecule has 0 fully saturated rings. The van der Waals surface area contributed by atoms with Crippen LogP contribution < -0.4 is 5.69 Å². The number of aromatic nitrogens is 4. The monoisotopic (exact) mass is 326 g/mol. The largest absolute Gasteiger partial charge is 0.439 e. The van der Waals surface area contributed by atoms with Crippen LogP contribution in [0.25, 0.3) is 17.0 Å². The number of hydrogen-bond acceptors (Lipinski definition) is 4. The van der Waals surface area contributed by atoms with Crippen molar-refractivity contribution in [3.8, 4) is 11.3 Å². The third-order valence-corrected chi connectivity index (χ3v) is 3.71. The zero-order valence-electron chi connectivity index (χ0n) is 11.9. The van der Waals surface area contributed by atoms with Crippen LogP contribution in [0.3, 0.4) is 0 Å². The van der Waals surface area contributed by atoms with Gasteiger partial charge >= 0.3 is 5.69 Å². The number of oxazole rings is 1. The van der Waals surface area contributed by atoms with Crippen molar-refractivity contribution in [2.75, 3.05) is 0 Å². The van der Waals surface area contributed by atoms with Crippen molar-refractivity contribution in [2.24, 2.45) is 0 Å². The highest BCUT2D eigenvalue weighted by atomic mass is 35.5. The minimum atomic E-state index is -0.230. The topological polar surface area (TPSA) is 65.3 Å². The van der Waals surface area contributed by atoms with Gasteiger partial charge in [0.1, 0.15) is 6.54 Å². The van der Waals surface area contributed by atoms with Crippen molar-refractivity contribution >= 4 is 17.2 Å². The van der Waals surface area contributed by atoms with Crippen LogP contribution in [-0.4, -0.2) is 19.2 Å². The third-order valence-electron chi connectivity index (χ3n) is 3.46. The van der Waals surface area contributed by atoms with E-state index in [2.05, 4.69) is 10.1 Å². The summed E-state index contributed by atoms with van der Waals surface area (Å²) in [6.07, 6.45) is 3.30. The van der Waals surface area contributed by atoms with Gasteiger partial charge in [0.05, 0.1) is 6.20 Å². The smallest absolute Gasteiger partial charge is 0.350 e. The first-order valence-corrected chi connectivity index (χ1v) is 7.33. The van der Waals surface area contributed by atoms with E-state index in [1.807, 2.05) is 18.2 Å². The van der Waals surface area contributed by atoms with Crippen LogP contribution in [0.5, 0.6) is 0 Å². The Morgan fingerprint density at radius 1 is 1.13 bits per heavy atom. The van der Waals surface area contributed by atoms with E-state index in [9.17, 15) is 4.79 Å². The fraction of sp³-hybridized carbons (Fsp3) is 0.0625. The summed E-state index contributed by atoms with van der Waals surface area (Å²) in [6, 6.07) is 12.7. The molecule has 3 aromatic heterocycles. The first-order chi connectivity index (χ1) is 11.2. The molecule has 0 aliphatic rings. The number of rotatable bonds is 3. The number of hydrogen-bond donors (Lipinski definition) is 0. The first kappa shape index (κ1) is 13.8. The maximum absolute atomic E-state index is 12.2. The van der Waals surface area contributed by atoms with E-state index in [0.29, 0.717) is 22.3 Å². The molecule has 4 rings (SSSR count). The SMILES string of the molecule is O=c1n(Cc2ncc(-c3ccc(Cl)cc3)o2)nc2ccccn12. The highest BCUT2D eigenvalue weighted by molar-refractivity contribution is 6.30. The summed E-state index contributed by atoms with van der Waals surface area (Å²) in [6.45, 7) is 0.175. The van der Waals surface area contributed by atoms with Gasteiger partial charge in [0.2, 0.25) is 5.89 Å². The van der Waals surface area contributed by atoms with Crippen LogP contribution in [0.15, 0.2) is 64.1 Å². The molecule has 0 N–H and O–H groups in total. The molecule has 0 unspecified atom stereocenters. The van der Waals surface area contributed by atoms with E-state index in [-0.39, 0.29) is 12.2 Å². The van der Waals surface area contributed by atoms with Gasteiger partial charge in [0, 0.05) is 16.8 Å². The Morgan fingerprint density at radius 2 is 1.96 bits per heavy atom. The van der Waals surface area contributed by atoms with Crippen molar-refractivity contribution in [2.45, 2.75) is 6.54 Å². The van der Waals surface area contributed by atoms with Gasteiger partial charge in [-0.3, -0.25) is 4.40 Å². The zero-order chi connectivity index (χ0) is 15.8. The minimum Gasteiger partial charge on any atom is -0.439 e. The quantitative estimate of drug-likeness (QED) is 0.580. The van der Waals surface area contributed by atoms with Crippen LogP contribution in [0.2, 0.25) is 5.02 Å². The maximum atomic E-state index is 12.2. The van der Waals surface area contributed by atoms with Crippen LogP contribution in [0, 0.1) is 0 Å². The Balaban J connectivity index is 1.65. The van der Waals surface area contributed by atoms with Crippen LogP contribution in [-0.2, 0) is 6.54 Å². The molecule has 0 saturated carbocycles. The Morgan fingerprint density at radius 3 is 2.74 bits per heavy atom. The molecule has 23 heavy (non-hydrogen) atoms. The van der Waals surface area contributed by atoms with Crippen LogP contribution in [0.1, 0.15) is 5.89 Å². The Bertz CT molecular complexity index is 1030. The average molecular weight is 327 g/mol. The second-order valence-electron chi connectivity index (χ2n) is 4.99. The Labute approximate surface area is 135 Å². The fourth-order valence-electron chi connectivity index (χ4n) is 2.33. The molecular weight excluding hydrogens is 316 g/mol. The molecular formula is C16H11ClN4O2. The molecule has 3 heterocycles. The second-order valence-corrected chi connectivity index (χ2v) is 5.43. The van der Waals surface area contributed by atoms with Gasteiger partial charge in [-0.05, 0) is 36.4 Å². The lowest BCUT2D eigenvalue weighted by Gasteiger charge is -1.96. The number of benzene rings is 1. The lowest BCUT2D eigenvalue weighted by Crippen LogP contribution is -2.21. The van der Waals surface area contributed by atoms with Gasteiger partial charge in [-0.15, -0.1) is 5.10 Å². The van der Waals surface area contributed by atoms with Crippen molar-refractivity contribution in [1.29, 1.82) is 0 Å². The summed E-state index contributed by atoms with van der Waals surface area (Å²) >= 11 is 5.87. The standard InChI is InChI=1S/C16H11ClN4O2/c17-12-6-4-11(5-7-12)13-9-18-15(23-13)10-21-16(22)20-8-2-1-3-14(20)19-21/h1-9H,10H2. The molecule has 0 bridgehead atoms. The first-order valence-electron chi connectivity index (χ1n) is 6.95. The molecule has 4 aromatic rings. The Kier molecular flexibility index (Phi) is 3.24.